The lowest BCUT2D eigenvalue weighted by Crippen LogP contribution is -2.54. The van der Waals surface area contributed by atoms with Gasteiger partial charge in [0.25, 0.3) is 0 Å². The summed E-state index contributed by atoms with van der Waals surface area (Å²) in [4.78, 5) is 1.91. The number of nitrogens with zero attached hydrogens (tertiary/aromatic N) is 2. The minimum Gasteiger partial charge on any atom is -0.432 e. The van der Waals surface area contributed by atoms with Gasteiger partial charge in [-0.25, -0.2) is 0 Å². The van der Waals surface area contributed by atoms with Gasteiger partial charge in [0.1, 0.15) is 0 Å². The van der Waals surface area contributed by atoms with Crippen LogP contribution >= 0.6 is 0 Å². The summed E-state index contributed by atoms with van der Waals surface area (Å²) in [5.74, 6) is 0. The Bertz CT molecular complexity index is 587. The Labute approximate surface area is 148 Å². The number of benzene rings is 1. The summed E-state index contributed by atoms with van der Waals surface area (Å²) in [6.45, 7) is 17.6. The highest BCUT2D eigenvalue weighted by Crippen LogP contribution is 2.39. The number of anilines is 1. The van der Waals surface area contributed by atoms with Crippen LogP contribution in [0.15, 0.2) is 24.3 Å². The molecule has 6 heteroatoms. The summed E-state index contributed by atoms with van der Waals surface area (Å²) in [7, 11) is -2.55. The van der Waals surface area contributed by atoms with Gasteiger partial charge in [0.05, 0.1) is 17.2 Å². The number of rotatable bonds is 6. The lowest BCUT2D eigenvalue weighted by molar-refractivity contribution is 0.101. The molecule has 4 nitrogen and oxygen atoms in total. The predicted octanol–water partition coefficient (Wildman–Crippen LogP) is 4.28. The third-order valence-electron chi connectivity index (χ3n) is 4.67. The third-order valence-corrected chi connectivity index (χ3v) is 9.34. The van der Waals surface area contributed by atoms with Crippen LogP contribution in [0.25, 0.3) is 0 Å². The monoisotopic (exact) mass is 346 g/mol. The van der Waals surface area contributed by atoms with Crippen molar-refractivity contribution in [3.63, 3.8) is 0 Å². The highest BCUT2D eigenvalue weighted by Gasteiger charge is 2.42. The van der Waals surface area contributed by atoms with Crippen molar-refractivity contribution in [2.24, 2.45) is 0 Å². The van der Waals surface area contributed by atoms with Gasteiger partial charge in [0.2, 0.25) is 0 Å². The molecule has 0 aliphatic heterocycles. The van der Waals surface area contributed by atoms with Crippen LogP contribution in [-0.4, -0.2) is 32.5 Å². The van der Waals surface area contributed by atoms with E-state index in [1.165, 1.54) is 0 Å². The van der Waals surface area contributed by atoms with Gasteiger partial charge in [-0.3, -0.25) is 0 Å². The smallest absolute Gasteiger partial charge is 0.409 e. The zero-order valence-electron chi connectivity index (χ0n) is 16.3. The zero-order valence-corrected chi connectivity index (χ0v) is 17.3. The first-order valence-corrected chi connectivity index (χ1v) is 11.3. The fourth-order valence-electron chi connectivity index (χ4n) is 2.45. The lowest BCUT2D eigenvalue weighted by atomic mass is 9.82. The molecule has 0 radical (unpaired) electrons. The fraction of sp³-hybridized carbons (Fsp3) is 0.611. The van der Waals surface area contributed by atoms with Crippen molar-refractivity contribution in [2.75, 3.05) is 11.4 Å². The van der Waals surface area contributed by atoms with Crippen LogP contribution in [0.4, 0.5) is 5.69 Å². The van der Waals surface area contributed by atoms with Gasteiger partial charge in [0.15, 0.2) is 8.32 Å². The van der Waals surface area contributed by atoms with Crippen LogP contribution in [0, 0.1) is 11.3 Å². The molecule has 0 saturated heterocycles. The van der Waals surface area contributed by atoms with Crippen molar-refractivity contribution in [1.29, 1.82) is 5.26 Å². The quantitative estimate of drug-likeness (QED) is 0.782. The molecule has 0 heterocycles. The van der Waals surface area contributed by atoms with Crippen molar-refractivity contribution >= 4 is 21.1 Å². The second-order valence-corrected chi connectivity index (χ2v) is 13.3. The molecular weight excluding hydrogens is 315 g/mol. The highest BCUT2D eigenvalue weighted by atomic mass is 28.4. The van der Waals surface area contributed by atoms with Crippen LogP contribution in [0.3, 0.4) is 0 Å². The Morgan fingerprint density at radius 2 is 1.67 bits per heavy atom. The van der Waals surface area contributed by atoms with Gasteiger partial charge in [-0.15, -0.1) is 0 Å². The number of hydrogen-bond donors (Lipinski definition) is 1. The van der Waals surface area contributed by atoms with E-state index in [-0.39, 0.29) is 5.04 Å². The maximum Gasteiger partial charge on any atom is 0.409 e. The van der Waals surface area contributed by atoms with Gasteiger partial charge in [-0.1, -0.05) is 20.8 Å². The summed E-state index contributed by atoms with van der Waals surface area (Å²) < 4.78 is 6.57. The maximum atomic E-state index is 10.2. The van der Waals surface area contributed by atoms with E-state index >= 15 is 0 Å². The minimum atomic E-state index is -1.91. The van der Waals surface area contributed by atoms with Crippen LogP contribution in [0.5, 0.6) is 0 Å². The summed E-state index contributed by atoms with van der Waals surface area (Å²) in [6.07, 6.45) is 0. The lowest BCUT2D eigenvalue weighted by Gasteiger charge is -2.45. The van der Waals surface area contributed by atoms with E-state index in [0.717, 1.165) is 5.69 Å². The van der Waals surface area contributed by atoms with E-state index in [0.29, 0.717) is 12.1 Å². The Balaban J connectivity index is 3.00. The molecule has 0 bridgehead atoms. The normalized spacial score (nSPS) is 12.7. The maximum absolute atomic E-state index is 10.2. The molecule has 0 aliphatic carbocycles. The average Bonchev–Trinajstić information content (AvgIpc) is 2.42. The van der Waals surface area contributed by atoms with E-state index < -0.39 is 21.0 Å². The minimum absolute atomic E-state index is 0.133. The molecule has 1 aromatic carbocycles. The molecule has 0 fully saturated rings. The van der Waals surface area contributed by atoms with Crippen LogP contribution in [-0.2, 0) is 4.43 Å². The van der Waals surface area contributed by atoms with Gasteiger partial charge in [0, 0.05) is 12.2 Å². The van der Waals surface area contributed by atoms with Crippen molar-refractivity contribution < 1.29 is 9.45 Å². The second-order valence-electron chi connectivity index (χ2n) is 8.54. The number of nitriles is 1. The summed E-state index contributed by atoms with van der Waals surface area (Å²) >= 11 is 0. The first-order valence-electron chi connectivity index (χ1n) is 8.44. The summed E-state index contributed by atoms with van der Waals surface area (Å²) in [5.41, 5.74) is 1.10. The van der Waals surface area contributed by atoms with E-state index in [1.54, 1.807) is 19.0 Å². The molecule has 0 spiro atoms. The van der Waals surface area contributed by atoms with Crippen molar-refractivity contribution in [3.8, 4) is 6.07 Å². The molecular formula is C18H31BN2O2Si. The Morgan fingerprint density at radius 3 is 2.04 bits per heavy atom. The first kappa shape index (κ1) is 20.8. The van der Waals surface area contributed by atoms with E-state index in [1.807, 2.05) is 16.9 Å². The molecule has 0 amide bonds. The van der Waals surface area contributed by atoms with Gasteiger partial charge in [-0.05, 0) is 63.1 Å². The van der Waals surface area contributed by atoms with Crippen LogP contribution < -0.4 is 4.81 Å². The molecule has 1 N–H and O–H groups in total. The molecule has 132 valence electrons. The predicted molar refractivity (Wildman–Crippen MR) is 105 cm³/mol. The van der Waals surface area contributed by atoms with E-state index in [9.17, 15) is 5.02 Å². The fourth-order valence-corrected chi connectivity index (χ4v) is 4.21. The van der Waals surface area contributed by atoms with Crippen LogP contribution in [0.1, 0.15) is 40.2 Å². The van der Waals surface area contributed by atoms with E-state index in [2.05, 4.69) is 53.8 Å². The summed E-state index contributed by atoms with van der Waals surface area (Å²) in [5, 5.41) is 19.3. The SMILES string of the molecule is CB(O)N(CC(C)(C)O[Si](C)(C)C(C)(C)C)c1ccc(C#N)cc1. The van der Waals surface area contributed by atoms with Crippen molar-refractivity contribution in [3.05, 3.63) is 29.8 Å². The van der Waals surface area contributed by atoms with Crippen LogP contribution in [0.2, 0.25) is 25.0 Å². The summed E-state index contributed by atoms with van der Waals surface area (Å²) in [6, 6.07) is 9.40. The molecule has 0 aliphatic rings. The molecule has 0 unspecified atom stereocenters. The average molecular weight is 346 g/mol. The number of hydrogen-bond acceptors (Lipinski definition) is 4. The Kier molecular flexibility index (Phi) is 6.32. The van der Waals surface area contributed by atoms with E-state index in [4.69, 9.17) is 9.69 Å². The molecule has 0 saturated carbocycles. The van der Waals surface area contributed by atoms with Gasteiger partial charge >= 0.3 is 7.05 Å². The standard InChI is InChI=1S/C18H31BN2O2Si/c1-17(2,3)24(7,8)23-18(4,5)14-21(19(6)22)16-11-9-15(13-20)10-12-16/h9-12,22H,14H2,1-8H3. The zero-order chi connectivity index (χ0) is 18.8. The van der Waals surface area contributed by atoms with Crippen molar-refractivity contribution in [1.82, 2.24) is 0 Å². The molecule has 0 atom stereocenters. The van der Waals surface area contributed by atoms with Gasteiger partial charge in [-0.2, -0.15) is 5.26 Å². The molecule has 1 rings (SSSR count). The molecule has 0 aromatic heterocycles. The van der Waals surface area contributed by atoms with Crippen molar-refractivity contribution in [2.45, 2.75) is 65.2 Å². The second kappa shape index (κ2) is 7.30. The third kappa shape index (κ3) is 5.37. The Morgan fingerprint density at radius 1 is 1.17 bits per heavy atom. The molecule has 24 heavy (non-hydrogen) atoms. The topological polar surface area (TPSA) is 56.5 Å². The highest BCUT2D eigenvalue weighted by molar-refractivity contribution is 6.74. The Hall–Kier alpha value is -1.29. The molecule has 1 aromatic rings. The first-order chi connectivity index (χ1) is 10.8. The van der Waals surface area contributed by atoms with Gasteiger partial charge < -0.3 is 14.3 Å². The largest absolute Gasteiger partial charge is 0.432 e.